The lowest BCUT2D eigenvalue weighted by Crippen LogP contribution is -2.07. The maximum absolute atomic E-state index is 11.8. The highest BCUT2D eigenvalue weighted by Gasteiger charge is 2.14. The number of rotatable bonds is 6. The molecular weight excluding hydrogens is 232 g/mol. The maximum Gasteiger partial charge on any atom is 0.338 e. The van der Waals surface area contributed by atoms with Gasteiger partial charge >= 0.3 is 5.97 Å². The molecule has 4 nitrogen and oxygen atoms in total. The molecule has 0 fully saturated rings. The molecule has 4 heteroatoms. The topological polar surface area (TPSA) is 44.8 Å². The third-order valence-electron chi connectivity index (χ3n) is 2.72. The highest BCUT2D eigenvalue weighted by Crippen LogP contribution is 2.29. The van der Waals surface area contributed by atoms with Gasteiger partial charge in [0, 0.05) is 5.56 Å². The number of carbonyl (C=O) groups excluding carboxylic acids is 1. The van der Waals surface area contributed by atoms with Gasteiger partial charge in [-0.3, -0.25) is 0 Å². The van der Waals surface area contributed by atoms with Gasteiger partial charge in [0.25, 0.3) is 0 Å². The maximum atomic E-state index is 11.8. The van der Waals surface area contributed by atoms with Crippen molar-refractivity contribution in [2.75, 3.05) is 20.8 Å². The summed E-state index contributed by atoms with van der Waals surface area (Å²) >= 11 is 0. The molecule has 0 aliphatic heterocycles. The van der Waals surface area contributed by atoms with Gasteiger partial charge in [-0.25, -0.2) is 4.79 Å². The van der Waals surface area contributed by atoms with Crippen LogP contribution in [0.5, 0.6) is 11.5 Å². The molecule has 0 aliphatic carbocycles. The molecule has 18 heavy (non-hydrogen) atoms. The van der Waals surface area contributed by atoms with Crippen LogP contribution in [-0.2, 0) is 4.74 Å². The summed E-state index contributed by atoms with van der Waals surface area (Å²) in [4.78, 5) is 11.8. The summed E-state index contributed by atoms with van der Waals surface area (Å²) in [6, 6.07) is 3.35. The van der Waals surface area contributed by atoms with Gasteiger partial charge in [-0.2, -0.15) is 0 Å². The Morgan fingerprint density at radius 3 is 2.17 bits per heavy atom. The molecular formula is C14H20O4. The van der Waals surface area contributed by atoms with E-state index in [9.17, 15) is 4.79 Å². The molecule has 1 rings (SSSR count). The first-order chi connectivity index (χ1) is 8.63. The van der Waals surface area contributed by atoms with Gasteiger partial charge in [0.15, 0.2) is 0 Å². The lowest BCUT2D eigenvalue weighted by atomic mass is 10.1. The van der Waals surface area contributed by atoms with Crippen LogP contribution < -0.4 is 9.47 Å². The second-order valence-electron chi connectivity index (χ2n) is 4.00. The highest BCUT2D eigenvalue weighted by molar-refractivity contribution is 5.90. The van der Waals surface area contributed by atoms with Crippen LogP contribution in [0.25, 0.3) is 0 Å². The molecule has 0 bridgehead atoms. The van der Waals surface area contributed by atoms with Gasteiger partial charge in [-0.15, -0.1) is 0 Å². The molecule has 0 unspecified atom stereocenters. The van der Waals surface area contributed by atoms with Gasteiger partial charge in [-0.1, -0.05) is 13.3 Å². The van der Waals surface area contributed by atoms with Crippen LogP contribution >= 0.6 is 0 Å². The van der Waals surface area contributed by atoms with Crippen LogP contribution in [-0.4, -0.2) is 26.8 Å². The van der Waals surface area contributed by atoms with Crippen molar-refractivity contribution in [3.05, 3.63) is 23.3 Å². The smallest absolute Gasteiger partial charge is 0.338 e. The monoisotopic (exact) mass is 252 g/mol. The van der Waals surface area contributed by atoms with E-state index in [4.69, 9.17) is 14.2 Å². The number of esters is 1. The van der Waals surface area contributed by atoms with Gasteiger partial charge in [0.2, 0.25) is 0 Å². The van der Waals surface area contributed by atoms with E-state index in [1.165, 1.54) is 0 Å². The first-order valence-electron chi connectivity index (χ1n) is 6.03. The van der Waals surface area contributed by atoms with Crippen molar-refractivity contribution in [1.29, 1.82) is 0 Å². The lowest BCUT2D eigenvalue weighted by Gasteiger charge is -2.12. The van der Waals surface area contributed by atoms with E-state index in [1.54, 1.807) is 26.4 Å². The standard InChI is InChI=1S/C14H20O4/c1-5-6-7-18-14(15)11-8-12(16-3)10(2)13(9-11)17-4/h8-9H,5-7H2,1-4H3. The van der Waals surface area contributed by atoms with E-state index in [0.717, 1.165) is 18.4 Å². The van der Waals surface area contributed by atoms with Crippen LogP contribution in [0.15, 0.2) is 12.1 Å². The Bertz CT molecular complexity index is 387. The fourth-order valence-electron chi connectivity index (χ4n) is 1.60. The zero-order chi connectivity index (χ0) is 13.5. The SMILES string of the molecule is CCCCOC(=O)c1cc(OC)c(C)c(OC)c1. The minimum Gasteiger partial charge on any atom is -0.496 e. The molecule has 0 N–H and O–H groups in total. The number of hydrogen-bond acceptors (Lipinski definition) is 4. The molecule has 0 aromatic heterocycles. The van der Waals surface area contributed by atoms with Crippen molar-refractivity contribution in [3.63, 3.8) is 0 Å². The van der Waals surface area contributed by atoms with Gasteiger partial charge in [-0.05, 0) is 25.5 Å². The van der Waals surface area contributed by atoms with E-state index in [0.29, 0.717) is 23.7 Å². The highest BCUT2D eigenvalue weighted by atomic mass is 16.5. The van der Waals surface area contributed by atoms with E-state index >= 15 is 0 Å². The third-order valence-corrected chi connectivity index (χ3v) is 2.72. The Hall–Kier alpha value is -1.71. The first-order valence-corrected chi connectivity index (χ1v) is 6.03. The number of methoxy groups -OCH3 is 2. The van der Waals surface area contributed by atoms with Gasteiger partial charge in [0.05, 0.1) is 26.4 Å². The third kappa shape index (κ3) is 3.39. The Morgan fingerprint density at radius 1 is 1.17 bits per heavy atom. The molecule has 0 saturated carbocycles. The minimum absolute atomic E-state index is 0.347. The fourth-order valence-corrected chi connectivity index (χ4v) is 1.60. The average molecular weight is 252 g/mol. The molecule has 1 aromatic carbocycles. The Kier molecular flexibility index (Phi) is 5.49. The Morgan fingerprint density at radius 2 is 1.72 bits per heavy atom. The van der Waals surface area contributed by atoms with Crippen molar-refractivity contribution in [2.45, 2.75) is 26.7 Å². The van der Waals surface area contributed by atoms with Crippen LogP contribution in [0, 0.1) is 6.92 Å². The number of benzene rings is 1. The molecule has 0 heterocycles. The van der Waals surface area contributed by atoms with Gasteiger partial charge < -0.3 is 14.2 Å². The number of carbonyl (C=O) groups is 1. The summed E-state index contributed by atoms with van der Waals surface area (Å²) in [5.41, 5.74) is 1.32. The van der Waals surface area contributed by atoms with Gasteiger partial charge in [0.1, 0.15) is 11.5 Å². The molecule has 0 spiro atoms. The van der Waals surface area contributed by atoms with Crippen LogP contribution in [0.4, 0.5) is 0 Å². The normalized spacial score (nSPS) is 10.0. The molecule has 0 saturated heterocycles. The zero-order valence-electron chi connectivity index (χ0n) is 11.4. The number of hydrogen-bond donors (Lipinski definition) is 0. The van der Waals surface area contributed by atoms with E-state index in [2.05, 4.69) is 0 Å². The largest absolute Gasteiger partial charge is 0.496 e. The number of unbranched alkanes of at least 4 members (excludes halogenated alkanes) is 1. The summed E-state index contributed by atoms with van der Waals surface area (Å²) in [5.74, 6) is 0.897. The van der Waals surface area contributed by atoms with Crippen molar-refractivity contribution in [1.82, 2.24) is 0 Å². The molecule has 100 valence electrons. The summed E-state index contributed by atoms with van der Waals surface area (Å²) in [6.07, 6.45) is 1.86. The quantitative estimate of drug-likeness (QED) is 0.576. The minimum atomic E-state index is -0.347. The average Bonchev–Trinajstić information content (AvgIpc) is 2.39. The van der Waals surface area contributed by atoms with Crippen molar-refractivity contribution in [2.24, 2.45) is 0 Å². The molecule has 0 radical (unpaired) electrons. The summed E-state index contributed by atoms with van der Waals surface area (Å²) < 4.78 is 15.6. The van der Waals surface area contributed by atoms with E-state index < -0.39 is 0 Å². The van der Waals surface area contributed by atoms with Crippen molar-refractivity contribution < 1.29 is 19.0 Å². The van der Waals surface area contributed by atoms with Crippen molar-refractivity contribution in [3.8, 4) is 11.5 Å². The summed E-state index contributed by atoms with van der Waals surface area (Å²) in [6.45, 7) is 4.36. The fraction of sp³-hybridized carbons (Fsp3) is 0.500. The van der Waals surface area contributed by atoms with E-state index in [1.807, 2.05) is 13.8 Å². The summed E-state index contributed by atoms with van der Waals surface area (Å²) in [5, 5.41) is 0. The Balaban J connectivity index is 2.91. The van der Waals surface area contributed by atoms with Crippen molar-refractivity contribution >= 4 is 5.97 Å². The second-order valence-corrected chi connectivity index (χ2v) is 4.00. The predicted molar refractivity (Wildman–Crippen MR) is 69.5 cm³/mol. The Labute approximate surface area is 108 Å². The predicted octanol–water partition coefficient (Wildman–Crippen LogP) is 2.97. The molecule has 0 amide bonds. The summed E-state index contributed by atoms with van der Waals surface area (Å²) in [7, 11) is 3.13. The molecule has 1 aromatic rings. The van der Waals surface area contributed by atoms with Crippen LogP contribution in [0.1, 0.15) is 35.7 Å². The first kappa shape index (κ1) is 14.4. The second kappa shape index (κ2) is 6.89. The lowest BCUT2D eigenvalue weighted by molar-refractivity contribution is 0.0499. The zero-order valence-corrected chi connectivity index (χ0v) is 11.4. The molecule has 0 atom stereocenters. The van der Waals surface area contributed by atoms with E-state index in [-0.39, 0.29) is 5.97 Å². The number of ether oxygens (including phenoxy) is 3. The van der Waals surface area contributed by atoms with Crippen LogP contribution in [0.3, 0.4) is 0 Å². The van der Waals surface area contributed by atoms with Crippen LogP contribution in [0.2, 0.25) is 0 Å². The molecule has 0 aliphatic rings.